The molecule has 0 fully saturated rings. The first kappa shape index (κ1) is 11.1. The van der Waals surface area contributed by atoms with Crippen LogP contribution in [0.3, 0.4) is 0 Å². The third-order valence-corrected chi connectivity index (χ3v) is 2.97. The molecule has 7 heteroatoms. The highest BCUT2D eigenvalue weighted by molar-refractivity contribution is 7.21. The Kier molecular flexibility index (Phi) is 2.93. The summed E-state index contributed by atoms with van der Waals surface area (Å²) in [4.78, 5) is 14.9. The lowest BCUT2D eigenvalue weighted by atomic mass is 10.3. The number of aliphatic imine (C=N–C) groups is 1. The van der Waals surface area contributed by atoms with E-state index in [-0.39, 0.29) is 0 Å². The van der Waals surface area contributed by atoms with E-state index in [2.05, 4.69) is 15.0 Å². The van der Waals surface area contributed by atoms with Crippen molar-refractivity contribution in [3.05, 3.63) is 11.2 Å². The Morgan fingerprint density at radius 2 is 2.31 bits per heavy atom. The lowest BCUT2D eigenvalue weighted by molar-refractivity contribution is 1.26. The van der Waals surface area contributed by atoms with Crippen LogP contribution in [0.4, 0.5) is 10.8 Å². The van der Waals surface area contributed by atoms with Crippen molar-refractivity contribution in [2.45, 2.75) is 0 Å². The van der Waals surface area contributed by atoms with Gasteiger partial charge in [-0.2, -0.15) is 0 Å². The third kappa shape index (κ3) is 1.94. The van der Waals surface area contributed by atoms with Crippen molar-refractivity contribution < 1.29 is 0 Å². The van der Waals surface area contributed by atoms with Crippen LogP contribution in [0.2, 0.25) is 5.15 Å². The highest BCUT2D eigenvalue weighted by atomic mass is 35.5. The number of nitrogens with two attached hydrogens (primary N) is 1. The normalized spacial score (nSPS) is 11.4. The van der Waals surface area contributed by atoms with Crippen LogP contribution in [0.15, 0.2) is 11.1 Å². The Morgan fingerprint density at radius 1 is 1.56 bits per heavy atom. The van der Waals surface area contributed by atoms with E-state index >= 15 is 0 Å². The molecule has 0 atom stereocenters. The van der Waals surface area contributed by atoms with Crippen molar-refractivity contribution in [1.82, 2.24) is 9.97 Å². The van der Waals surface area contributed by atoms with Gasteiger partial charge in [0.25, 0.3) is 0 Å². The first-order valence-electron chi connectivity index (χ1n) is 4.49. The van der Waals surface area contributed by atoms with Gasteiger partial charge in [0, 0.05) is 20.2 Å². The lowest BCUT2D eigenvalue weighted by Gasteiger charge is -2.13. The van der Waals surface area contributed by atoms with E-state index in [0.717, 1.165) is 16.0 Å². The molecule has 2 aromatic rings. The van der Waals surface area contributed by atoms with Crippen LogP contribution in [0.5, 0.6) is 0 Å². The molecule has 2 N–H and O–H groups in total. The zero-order chi connectivity index (χ0) is 11.7. The third-order valence-electron chi connectivity index (χ3n) is 2.00. The molecule has 0 aliphatic heterocycles. The number of pyridine rings is 1. The van der Waals surface area contributed by atoms with Gasteiger partial charge in [0.1, 0.15) is 15.5 Å². The molecule has 2 rings (SSSR count). The van der Waals surface area contributed by atoms with E-state index in [1.807, 2.05) is 11.9 Å². The highest BCUT2D eigenvalue weighted by Crippen LogP contribution is 2.31. The van der Waals surface area contributed by atoms with Gasteiger partial charge in [-0.15, -0.1) is 0 Å². The van der Waals surface area contributed by atoms with Gasteiger partial charge in [0.2, 0.25) is 0 Å². The number of rotatable bonds is 2. The number of aromatic nitrogens is 2. The van der Waals surface area contributed by atoms with Gasteiger partial charge in [-0.05, 0) is 0 Å². The standard InChI is InChI=1S/C9H10ClN5S/c1-12-4-15(2)5-3-6(10)13-8-7(5)14-9(11)16-8/h3-4H,1-2H3,(H2,11,14). The average Bonchev–Trinajstić information content (AvgIpc) is 2.57. The number of thiazole rings is 1. The van der Waals surface area contributed by atoms with Crippen LogP contribution in [0, 0.1) is 0 Å². The first-order chi connectivity index (χ1) is 7.61. The molecule has 0 bridgehead atoms. The quantitative estimate of drug-likeness (QED) is 0.506. The SMILES string of the molecule is CN=CN(C)c1cc(Cl)nc2sc(N)nc12. The molecule has 0 aliphatic carbocycles. The maximum atomic E-state index is 5.93. The van der Waals surface area contributed by atoms with E-state index < -0.39 is 0 Å². The number of nitrogens with zero attached hydrogens (tertiary/aromatic N) is 4. The van der Waals surface area contributed by atoms with Crippen molar-refractivity contribution in [1.29, 1.82) is 0 Å². The van der Waals surface area contributed by atoms with Crippen molar-refractivity contribution in [3.8, 4) is 0 Å². The number of anilines is 2. The summed E-state index contributed by atoms with van der Waals surface area (Å²) in [6, 6.07) is 1.74. The molecule has 16 heavy (non-hydrogen) atoms. The van der Waals surface area contributed by atoms with Crippen LogP contribution in [-0.4, -0.2) is 30.4 Å². The summed E-state index contributed by atoms with van der Waals surface area (Å²) < 4.78 is 0. The minimum absolute atomic E-state index is 0.419. The Bertz CT molecular complexity index is 550. The highest BCUT2D eigenvalue weighted by Gasteiger charge is 2.12. The smallest absolute Gasteiger partial charge is 0.182 e. The number of hydrogen-bond acceptors (Lipinski definition) is 5. The molecule has 5 nitrogen and oxygen atoms in total. The van der Waals surface area contributed by atoms with Gasteiger partial charge in [-0.1, -0.05) is 22.9 Å². The lowest BCUT2D eigenvalue weighted by Crippen LogP contribution is -2.14. The maximum Gasteiger partial charge on any atom is 0.182 e. The fourth-order valence-corrected chi connectivity index (χ4v) is 2.35. The Balaban J connectivity index is 2.66. The molecule has 0 aliphatic rings. The van der Waals surface area contributed by atoms with Gasteiger partial charge in [-0.25, -0.2) is 9.97 Å². The van der Waals surface area contributed by atoms with E-state index in [0.29, 0.717) is 10.3 Å². The molecule has 0 amide bonds. The predicted octanol–water partition coefficient (Wildman–Crippen LogP) is 2.02. The van der Waals surface area contributed by atoms with Crippen molar-refractivity contribution in [3.63, 3.8) is 0 Å². The number of nitrogen functional groups attached to an aromatic ring is 1. The fraction of sp³-hybridized carbons (Fsp3) is 0.222. The second kappa shape index (κ2) is 4.23. The summed E-state index contributed by atoms with van der Waals surface area (Å²) >= 11 is 7.25. The summed E-state index contributed by atoms with van der Waals surface area (Å²) in [5.74, 6) is 0. The van der Waals surface area contributed by atoms with E-state index in [1.54, 1.807) is 19.5 Å². The average molecular weight is 256 g/mol. The van der Waals surface area contributed by atoms with Gasteiger partial charge in [-0.3, -0.25) is 4.99 Å². The van der Waals surface area contributed by atoms with Crippen molar-refractivity contribution in [2.75, 3.05) is 24.7 Å². The fourth-order valence-electron chi connectivity index (χ4n) is 1.39. The number of halogens is 1. The molecule has 2 heterocycles. The summed E-state index contributed by atoms with van der Waals surface area (Å²) in [5.41, 5.74) is 7.24. The summed E-state index contributed by atoms with van der Waals surface area (Å²) in [5, 5.41) is 0.898. The van der Waals surface area contributed by atoms with Crippen LogP contribution in [0.1, 0.15) is 0 Å². The molecule has 84 valence electrons. The number of hydrogen-bond donors (Lipinski definition) is 1. The molecule has 0 saturated heterocycles. The van der Waals surface area contributed by atoms with Crippen molar-refractivity contribution in [2.24, 2.45) is 4.99 Å². The maximum absolute atomic E-state index is 5.93. The monoisotopic (exact) mass is 255 g/mol. The second-order valence-electron chi connectivity index (χ2n) is 3.15. The van der Waals surface area contributed by atoms with Crippen LogP contribution in [0.25, 0.3) is 10.3 Å². The molecule has 0 unspecified atom stereocenters. The van der Waals surface area contributed by atoms with Crippen LogP contribution >= 0.6 is 22.9 Å². The molecule has 0 saturated carbocycles. The van der Waals surface area contributed by atoms with E-state index in [1.165, 1.54) is 11.3 Å². The molecular weight excluding hydrogens is 246 g/mol. The summed E-state index contributed by atoms with van der Waals surface area (Å²) in [6.07, 6.45) is 1.68. The first-order valence-corrected chi connectivity index (χ1v) is 5.69. The van der Waals surface area contributed by atoms with Gasteiger partial charge < -0.3 is 10.6 Å². The van der Waals surface area contributed by atoms with E-state index in [9.17, 15) is 0 Å². The molecular formula is C9H10ClN5S. The minimum Gasteiger partial charge on any atom is -0.375 e. The van der Waals surface area contributed by atoms with Crippen LogP contribution < -0.4 is 10.6 Å². The predicted molar refractivity (Wildman–Crippen MR) is 69.7 cm³/mol. The van der Waals surface area contributed by atoms with E-state index in [4.69, 9.17) is 17.3 Å². The Hall–Kier alpha value is -1.40. The van der Waals surface area contributed by atoms with Gasteiger partial charge in [0.15, 0.2) is 5.13 Å². The zero-order valence-corrected chi connectivity index (χ0v) is 10.4. The second-order valence-corrected chi connectivity index (χ2v) is 4.55. The molecule has 0 aromatic carbocycles. The molecule has 0 spiro atoms. The zero-order valence-electron chi connectivity index (χ0n) is 8.81. The number of fused-ring (bicyclic) bond motifs is 1. The molecule has 0 radical (unpaired) electrons. The van der Waals surface area contributed by atoms with Crippen molar-refractivity contribution >= 4 is 50.4 Å². The molecule has 2 aromatic heterocycles. The Morgan fingerprint density at radius 3 is 3.00 bits per heavy atom. The van der Waals surface area contributed by atoms with Gasteiger partial charge >= 0.3 is 0 Å². The van der Waals surface area contributed by atoms with Gasteiger partial charge in [0.05, 0.1) is 12.0 Å². The summed E-state index contributed by atoms with van der Waals surface area (Å²) in [6.45, 7) is 0. The topological polar surface area (TPSA) is 67.4 Å². The summed E-state index contributed by atoms with van der Waals surface area (Å²) in [7, 11) is 3.57. The Labute approximate surface area is 102 Å². The minimum atomic E-state index is 0.419. The largest absolute Gasteiger partial charge is 0.375 e. The van der Waals surface area contributed by atoms with Crippen LogP contribution in [-0.2, 0) is 0 Å².